The number of hydrogen-bond donors (Lipinski definition) is 3. The van der Waals surface area contributed by atoms with E-state index in [1.165, 1.54) is 27.6 Å². The molecule has 2 aromatic carbocycles. The normalized spacial score (nSPS) is 11.9. The Morgan fingerprint density at radius 1 is 0.704 bits per heavy atom. The minimum absolute atomic E-state index is 1.11. The fourth-order valence-corrected chi connectivity index (χ4v) is 3.74. The predicted molar refractivity (Wildman–Crippen MR) is 115 cm³/mol. The number of benzene rings is 2. The summed E-state index contributed by atoms with van der Waals surface area (Å²) in [4.78, 5) is 10.6. The van der Waals surface area contributed by atoms with Crippen LogP contribution in [0, 0.1) is 6.92 Å². The van der Waals surface area contributed by atoms with Crippen LogP contribution in [-0.2, 0) is 0 Å². The van der Waals surface area contributed by atoms with Gasteiger partial charge in [-0.05, 0) is 49.7 Å². The van der Waals surface area contributed by atoms with E-state index >= 15 is 0 Å². The molecule has 27 heavy (non-hydrogen) atoms. The largest absolute Gasteiger partial charge is 0.358 e. The van der Waals surface area contributed by atoms with Gasteiger partial charge < -0.3 is 15.0 Å². The van der Waals surface area contributed by atoms with Gasteiger partial charge in [0.2, 0.25) is 0 Å². The van der Waals surface area contributed by atoms with E-state index in [1.54, 1.807) is 0 Å². The molecule has 3 heteroatoms. The fraction of sp³-hybridized carbons (Fsp3) is 0.0833. The molecule has 3 heterocycles. The van der Waals surface area contributed by atoms with Gasteiger partial charge in [0.25, 0.3) is 0 Å². The highest BCUT2D eigenvalue weighted by Gasteiger charge is 2.09. The van der Waals surface area contributed by atoms with Crippen LogP contribution in [0.25, 0.3) is 50.5 Å². The molecule has 0 unspecified atom stereocenters. The average molecular weight is 351 g/mol. The predicted octanol–water partition coefficient (Wildman–Crippen LogP) is 6.65. The second kappa shape index (κ2) is 6.06. The summed E-state index contributed by atoms with van der Waals surface area (Å²) in [5, 5.41) is 2.44. The summed E-state index contributed by atoms with van der Waals surface area (Å²) in [5.41, 5.74) is 9.27. The standard InChI is InChI=1S/C24H21N3/c1-3-6-16-11-21(25-15(16)2)18-9-10-19-14-24(27-22(19)12-18)23-13-17-7-4-5-8-20(17)26-23/h3-14,25-27H,1-2H3/b6-3-. The average Bonchev–Trinajstić information content (AvgIpc) is 3.37. The van der Waals surface area contributed by atoms with Gasteiger partial charge in [-0.2, -0.15) is 0 Å². The molecule has 5 rings (SSSR count). The van der Waals surface area contributed by atoms with Crippen LogP contribution in [0.5, 0.6) is 0 Å². The van der Waals surface area contributed by atoms with Gasteiger partial charge in [-0.3, -0.25) is 0 Å². The van der Waals surface area contributed by atoms with Crippen molar-refractivity contribution < 1.29 is 0 Å². The van der Waals surface area contributed by atoms with Crippen molar-refractivity contribution in [3.8, 4) is 22.6 Å². The lowest BCUT2D eigenvalue weighted by Crippen LogP contribution is -1.79. The van der Waals surface area contributed by atoms with Crippen molar-refractivity contribution in [2.45, 2.75) is 13.8 Å². The van der Waals surface area contributed by atoms with Crippen molar-refractivity contribution in [3.63, 3.8) is 0 Å². The van der Waals surface area contributed by atoms with Gasteiger partial charge in [0, 0.05) is 38.8 Å². The zero-order valence-corrected chi connectivity index (χ0v) is 15.4. The van der Waals surface area contributed by atoms with E-state index in [1.807, 2.05) is 6.92 Å². The number of hydrogen-bond acceptors (Lipinski definition) is 0. The Morgan fingerprint density at radius 3 is 2.22 bits per heavy atom. The van der Waals surface area contributed by atoms with Crippen molar-refractivity contribution in [2.24, 2.45) is 0 Å². The number of aromatic amines is 3. The number of nitrogens with one attached hydrogen (secondary N) is 3. The first-order chi connectivity index (χ1) is 13.2. The van der Waals surface area contributed by atoms with Gasteiger partial charge in [0.1, 0.15) is 0 Å². The van der Waals surface area contributed by atoms with Crippen LogP contribution in [0.15, 0.2) is 66.7 Å². The maximum absolute atomic E-state index is 3.57. The summed E-state index contributed by atoms with van der Waals surface area (Å²) in [7, 11) is 0. The fourth-order valence-electron chi connectivity index (χ4n) is 3.74. The first-order valence-electron chi connectivity index (χ1n) is 9.25. The van der Waals surface area contributed by atoms with E-state index < -0.39 is 0 Å². The minimum Gasteiger partial charge on any atom is -0.358 e. The molecule has 0 saturated heterocycles. The second-order valence-corrected chi connectivity index (χ2v) is 7.02. The zero-order chi connectivity index (χ0) is 18.4. The van der Waals surface area contributed by atoms with Crippen molar-refractivity contribution in [2.75, 3.05) is 0 Å². The molecular formula is C24H21N3. The summed E-state index contributed by atoms with van der Waals surface area (Å²) in [6.45, 7) is 4.16. The van der Waals surface area contributed by atoms with Gasteiger partial charge >= 0.3 is 0 Å². The minimum atomic E-state index is 1.11. The van der Waals surface area contributed by atoms with E-state index in [-0.39, 0.29) is 0 Å². The van der Waals surface area contributed by atoms with E-state index in [9.17, 15) is 0 Å². The Kier molecular flexibility index (Phi) is 3.54. The number of aryl methyl sites for hydroxylation is 1. The first kappa shape index (κ1) is 15.8. The van der Waals surface area contributed by atoms with Gasteiger partial charge in [-0.1, -0.05) is 42.5 Å². The summed E-state index contributed by atoms with van der Waals surface area (Å²) < 4.78 is 0. The number of para-hydroxylation sites is 1. The molecule has 3 aromatic heterocycles. The third kappa shape index (κ3) is 2.68. The summed E-state index contributed by atoms with van der Waals surface area (Å²) in [5.74, 6) is 0. The topological polar surface area (TPSA) is 47.4 Å². The van der Waals surface area contributed by atoms with Crippen molar-refractivity contribution in [1.29, 1.82) is 0 Å². The molecule has 0 atom stereocenters. The van der Waals surface area contributed by atoms with Crippen LogP contribution in [-0.4, -0.2) is 15.0 Å². The molecule has 0 bridgehead atoms. The molecule has 0 aliphatic heterocycles. The van der Waals surface area contributed by atoms with Gasteiger partial charge in [-0.25, -0.2) is 0 Å². The Labute approximate surface area is 157 Å². The first-order valence-corrected chi connectivity index (χ1v) is 9.25. The number of fused-ring (bicyclic) bond motifs is 2. The highest BCUT2D eigenvalue weighted by atomic mass is 14.8. The molecule has 0 aliphatic carbocycles. The van der Waals surface area contributed by atoms with E-state index in [4.69, 9.17) is 0 Å². The molecule has 0 radical (unpaired) electrons. The van der Waals surface area contributed by atoms with E-state index in [0.29, 0.717) is 0 Å². The molecule has 0 spiro atoms. The van der Waals surface area contributed by atoms with Crippen LogP contribution in [0.3, 0.4) is 0 Å². The lowest BCUT2D eigenvalue weighted by molar-refractivity contribution is 1.26. The Bertz CT molecular complexity index is 1260. The number of H-pyrrole nitrogens is 3. The van der Waals surface area contributed by atoms with Crippen molar-refractivity contribution >= 4 is 27.9 Å². The van der Waals surface area contributed by atoms with Gasteiger partial charge in [-0.15, -0.1) is 0 Å². The quantitative estimate of drug-likeness (QED) is 0.326. The number of allylic oxidation sites excluding steroid dienone is 1. The van der Waals surface area contributed by atoms with Gasteiger partial charge in [0.05, 0.1) is 11.4 Å². The SMILES string of the molecule is C/C=C\c1cc(-c2ccc3cc(-c4cc5ccccc5[nH]4)[nH]c3c2)[nH]c1C. The molecule has 0 fully saturated rings. The highest BCUT2D eigenvalue weighted by molar-refractivity contribution is 5.91. The molecule has 0 amide bonds. The maximum atomic E-state index is 3.57. The van der Waals surface area contributed by atoms with Crippen molar-refractivity contribution in [1.82, 2.24) is 15.0 Å². The Morgan fingerprint density at radius 2 is 1.44 bits per heavy atom. The molecule has 5 aromatic rings. The second-order valence-electron chi connectivity index (χ2n) is 7.02. The third-order valence-corrected chi connectivity index (χ3v) is 5.15. The molecule has 132 valence electrons. The molecule has 3 nitrogen and oxygen atoms in total. The Balaban J connectivity index is 1.57. The van der Waals surface area contributed by atoms with E-state index in [0.717, 1.165) is 28.1 Å². The number of aromatic nitrogens is 3. The highest BCUT2D eigenvalue weighted by Crippen LogP contribution is 2.30. The monoisotopic (exact) mass is 351 g/mol. The van der Waals surface area contributed by atoms with Crippen LogP contribution < -0.4 is 0 Å². The lowest BCUT2D eigenvalue weighted by Gasteiger charge is -1.98. The molecule has 0 saturated carbocycles. The number of rotatable bonds is 3. The summed E-state index contributed by atoms with van der Waals surface area (Å²) in [6.07, 6.45) is 4.21. The smallest absolute Gasteiger partial charge is 0.0630 e. The van der Waals surface area contributed by atoms with Crippen LogP contribution in [0.4, 0.5) is 0 Å². The maximum Gasteiger partial charge on any atom is 0.0630 e. The van der Waals surface area contributed by atoms with Crippen LogP contribution in [0.2, 0.25) is 0 Å². The summed E-state index contributed by atoms with van der Waals surface area (Å²) >= 11 is 0. The third-order valence-electron chi connectivity index (χ3n) is 5.15. The Hall–Kier alpha value is -3.46. The zero-order valence-electron chi connectivity index (χ0n) is 15.4. The lowest BCUT2D eigenvalue weighted by atomic mass is 10.1. The van der Waals surface area contributed by atoms with E-state index in [2.05, 4.69) is 94.7 Å². The molecule has 0 aliphatic rings. The van der Waals surface area contributed by atoms with Gasteiger partial charge in [0.15, 0.2) is 0 Å². The van der Waals surface area contributed by atoms with Crippen molar-refractivity contribution in [3.05, 3.63) is 78.0 Å². The van der Waals surface area contributed by atoms with Crippen LogP contribution >= 0.6 is 0 Å². The van der Waals surface area contributed by atoms with Crippen LogP contribution in [0.1, 0.15) is 18.2 Å². The molecule has 3 N–H and O–H groups in total. The molecular weight excluding hydrogens is 330 g/mol. The summed E-state index contributed by atoms with van der Waals surface area (Å²) in [6, 6.07) is 21.5.